The predicted octanol–water partition coefficient (Wildman–Crippen LogP) is 1.54. The first-order valence-electron chi connectivity index (χ1n) is 8.41. The van der Waals surface area contributed by atoms with E-state index in [1.807, 2.05) is 43.4 Å². The first-order valence-corrected chi connectivity index (χ1v) is 8.41. The molecule has 0 aromatic carbocycles. The van der Waals surface area contributed by atoms with Gasteiger partial charge in [0.1, 0.15) is 17.6 Å². The average molecular weight is 347 g/mol. The van der Waals surface area contributed by atoms with Gasteiger partial charge in [-0.1, -0.05) is 0 Å². The van der Waals surface area contributed by atoms with E-state index in [2.05, 4.69) is 15.3 Å². The molecule has 1 N–H and O–H groups in total. The third-order valence-corrected chi connectivity index (χ3v) is 4.36. The summed E-state index contributed by atoms with van der Waals surface area (Å²) in [6, 6.07) is 3.38. The van der Waals surface area contributed by atoms with Crippen LogP contribution in [0, 0.1) is 6.92 Å². The molecule has 2 aromatic rings. The van der Waals surface area contributed by atoms with Crippen LogP contribution in [0.1, 0.15) is 17.6 Å². The Labute approximate surface area is 147 Å². The lowest BCUT2D eigenvalue weighted by molar-refractivity contribution is 0.145. The molecule has 1 aliphatic heterocycles. The van der Waals surface area contributed by atoms with Crippen molar-refractivity contribution in [3.63, 3.8) is 0 Å². The maximum atomic E-state index is 12.6. The molecule has 1 unspecified atom stereocenters. The topological polar surface area (TPSA) is 75.8 Å². The molecule has 1 atom stereocenters. The van der Waals surface area contributed by atoms with Gasteiger partial charge in [0.2, 0.25) is 0 Å². The SMILES string of the molecule is COCC(NC(=O)N1CCN(c2cnn(C)c2)CC1)c1ccc(C)o1. The van der Waals surface area contributed by atoms with Gasteiger partial charge in [-0.05, 0) is 19.1 Å². The standard InChI is InChI=1S/C17H25N5O3/c1-13-4-5-16(25-13)15(12-24-3)19-17(23)22-8-6-21(7-9-22)14-10-18-20(2)11-14/h4-5,10-11,15H,6-9,12H2,1-3H3,(H,19,23). The Morgan fingerprint density at radius 3 is 2.68 bits per heavy atom. The number of furan rings is 1. The molecule has 1 aliphatic rings. The number of carbonyl (C=O) groups is 1. The molecular formula is C17H25N5O3. The average Bonchev–Trinajstić information content (AvgIpc) is 3.23. The molecule has 0 aliphatic carbocycles. The molecule has 0 spiro atoms. The van der Waals surface area contributed by atoms with Crippen molar-refractivity contribution in [2.45, 2.75) is 13.0 Å². The molecule has 8 nitrogen and oxygen atoms in total. The van der Waals surface area contributed by atoms with Crippen molar-refractivity contribution in [1.29, 1.82) is 0 Å². The van der Waals surface area contributed by atoms with E-state index in [4.69, 9.17) is 9.15 Å². The van der Waals surface area contributed by atoms with Crippen LogP contribution in [0.2, 0.25) is 0 Å². The first kappa shape index (κ1) is 17.3. The van der Waals surface area contributed by atoms with Crippen molar-refractivity contribution in [2.75, 3.05) is 44.8 Å². The van der Waals surface area contributed by atoms with E-state index >= 15 is 0 Å². The second kappa shape index (κ2) is 7.60. The highest BCUT2D eigenvalue weighted by atomic mass is 16.5. The van der Waals surface area contributed by atoms with Gasteiger partial charge < -0.3 is 24.3 Å². The van der Waals surface area contributed by atoms with Crippen LogP contribution in [0.4, 0.5) is 10.5 Å². The predicted molar refractivity (Wildman–Crippen MR) is 93.6 cm³/mol. The number of nitrogens with one attached hydrogen (secondary N) is 1. The Morgan fingerprint density at radius 1 is 1.36 bits per heavy atom. The number of amides is 2. The summed E-state index contributed by atoms with van der Waals surface area (Å²) in [5.41, 5.74) is 1.09. The molecule has 25 heavy (non-hydrogen) atoms. The Balaban J connectivity index is 1.56. The van der Waals surface area contributed by atoms with E-state index in [1.54, 1.807) is 11.8 Å². The third kappa shape index (κ3) is 4.14. The lowest BCUT2D eigenvalue weighted by Gasteiger charge is -2.35. The summed E-state index contributed by atoms with van der Waals surface area (Å²) < 4.78 is 12.6. The maximum absolute atomic E-state index is 12.6. The molecule has 1 saturated heterocycles. The fraction of sp³-hybridized carbons (Fsp3) is 0.529. The largest absolute Gasteiger partial charge is 0.464 e. The number of rotatable bonds is 5. The monoisotopic (exact) mass is 347 g/mol. The van der Waals surface area contributed by atoms with Gasteiger partial charge in [-0.15, -0.1) is 0 Å². The Morgan fingerprint density at radius 2 is 2.12 bits per heavy atom. The summed E-state index contributed by atoms with van der Waals surface area (Å²) in [5, 5.41) is 7.21. The molecular weight excluding hydrogens is 322 g/mol. The number of methoxy groups -OCH3 is 1. The van der Waals surface area contributed by atoms with Crippen molar-refractivity contribution in [3.8, 4) is 0 Å². The molecule has 136 valence electrons. The quantitative estimate of drug-likeness (QED) is 0.888. The normalized spacial score (nSPS) is 16.1. The van der Waals surface area contributed by atoms with Gasteiger partial charge in [0.15, 0.2) is 0 Å². The lowest BCUT2D eigenvalue weighted by atomic mass is 10.2. The van der Waals surface area contributed by atoms with E-state index in [9.17, 15) is 4.79 Å². The first-order chi connectivity index (χ1) is 12.1. The van der Waals surface area contributed by atoms with Gasteiger partial charge in [-0.25, -0.2) is 4.79 Å². The minimum absolute atomic E-state index is 0.0954. The zero-order valence-corrected chi connectivity index (χ0v) is 14.9. The van der Waals surface area contributed by atoms with Gasteiger partial charge in [0, 0.05) is 46.5 Å². The summed E-state index contributed by atoms with van der Waals surface area (Å²) in [5.74, 6) is 1.53. The molecule has 0 radical (unpaired) electrons. The number of anilines is 1. The zero-order valence-electron chi connectivity index (χ0n) is 14.9. The minimum atomic E-state index is -0.289. The second-order valence-corrected chi connectivity index (χ2v) is 6.25. The molecule has 2 amide bonds. The van der Waals surface area contributed by atoms with Crippen molar-refractivity contribution in [2.24, 2.45) is 7.05 Å². The molecule has 0 saturated carbocycles. The fourth-order valence-electron chi connectivity index (χ4n) is 2.98. The number of aromatic nitrogens is 2. The van der Waals surface area contributed by atoms with E-state index in [0.717, 1.165) is 24.5 Å². The number of hydrogen-bond acceptors (Lipinski definition) is 5. The number of piperazine rings is 1. The van der Waals surface area contributed by atoms with Gasteiger partial charge in [0.05, 0.1) is 18.5 Å². The fourth-order valence-corrected chi connectivity index (χ4v) is 2.98. The van der Waals surface area contributed by atoms with Crippen molar-refractivity contribution in [1.82, 2.24) is 20.0 Å². The number of nitrogens with zero attached hydrogens (tertiary/aromatic N) is 4. The van der Waals surface area contributed by atoms with E-state index in [0.29, 0.717) is 25.5 Å². The number of ether oxygens (including phenoxy) is 1. The van der Waals surface area contributed by atoms with Crippen LogP contribution in [0.15, 0.2) is 28.9 Å². The Hall–Kier alpha value is -2.48. The van der Waals surface area contributed by atoms with Gasteiger partial charge in [0.25, 0.3) is 0 Å². The van der Waals surface area contributed by atoms with Gasteiger partial charge in [-0.3, -0.25) is 4.68 Å². The van der Waals surface area contributed by atoms with Crippen LogP contribution >= 0.6 is 0 Å². The van der Waals surface area contributed by atoms with E-state index in [-0.39, 0.29) is 12.1 Å². The van der Waals surface area contributed by atoms with Crippen LogP contribution in [-0.2, 0) is 11.8 Å². The molecule has 0 bridgehead atoms. The van der Waals surface area contributed by atoms with Gasteiger partial charge in [-0.2, -0.15) is 5.10 Å². The summed E-state index contributed by atoms with van der Waals surface area (Å²) in [6.45, 7) is 5.15. The highest BCUT2D eigenvalue weighted by Gasteiger charge is 2.25. The second-order valence-electron chi connectivity index (χ2n) is 6.25. The Kier molecular flexibility index (Phi) is 5.28. The van der Waals surface area contributed by atoms with E-state index < -0.39 is 0 Å². The smallest absolute Gasteiger partial charge is 0.318 e. The number of carbonyl (C=O) groups excluding carboxylic acids is 1. The van der Waals surface area contributed by atoms with Crippen LogP contribution in [0.3, 0.4) is 0 Å². The van der Waals surface area contributed by atoms with Crippen LogP contribution in [0.25, 0.3) is 0 Å². The summed E-state index contributed by atoms with van der Waals surface area (Å²) in [7, 11) is 3.51. The molecule has 8 heteroatoms. The highest BCUT2D eigenvalue weighted by Crippen LogP contribution is 2.18. The van der Waals surface area contributed by atoms with Crippen molar-refractivity contribution in [3.05, 3.63) is 36.0 Å². The molecule has 3 heterocycles. The van der Waals surface area contributed by atoms with Gasteiger partial charge >= 0.3 is 6.03 Å². The van der Waals surface area contributed by atoms with Crippen molar-refractivity contribution < 1.29 is 13.9 Å². The van der Waals surface area contributed by atoms with Crippen LogP contribution < -0.4 is 10.2 Å². The van der Waals surface area contributed by atoms with Crippen molar-refractivity contribution >= 4 is 11.7 Å². The Bertz CT molecular complexity index is 703. The van der Waals surface area contributed by atoms with Crippen LogP contribution in [0.5, 0.6) is 0 Å². The minimum Gasteiger partial charge on any atom is -0.464 e. The van der Waals surface area contributed by atoms with E-state index in [1.165, 1.54) is 0 Å². The third-order valence-electron chi connectivity index (χ3n) is 4.36. The zero-order chi connectivity index (χ0) is 17.8. The number of hydrogen-bond donors (Lipinski definition) is 1. The molecule has 1 fully saturated rings. The number of urea groups is 1. The highest BCUT2D eigenvalue weighted by molar-refractivity contribution is 5.75. The summed E-state index contributed by atoms with van der Waals surface area (Å²) in [6.07, 6.45) is 3.84. The molecule has 3 rings (SSSR count). The summed E-state index contributed by atoms with van der Waals surface area (Å²) in [4.78, 5) is 16.7. The lowest BCUT2D eigenvalue weighted by Crippen LogP contribution is -2.52. The van der Waals surface area contributed by atoms with Crippen LogP contribution in [-0.4, -0.2) is 60.6 Å². The molecule has 2 aromatic heterocycles. The summed E-state index contributed by atoms with van der Waals surface area (Å²) >= 11 is 0. The maximum Gasteiger partial charge on any atom is 0.318 e. The number of aryl methyl sites for hydroxylation is 2.